The van der Waals surface area contributed by atoms with Crippen molar-refractivity contribution in [2.45, 2.75) is 178 Å². The first-order valence-corrected chi connectivity index (χ1v) is 23.8. The summed E-state index contributed by atoms with van der Waals surface area (Å²) in [6.45, 7) is 14.7. The second-order valence-corrected chi connectivity index (χ2v) is 20.0. The van der Waals surface area contributed by atoms with Gasteiger partial charge in [-0.3, -0.25) is 9.59 Å². The SMILES string of the molecule is CC[C@H]1OC(=O)[C@H](C)[C@@H](O[C@H]2C[C@@](C)(OC)[C@@H](OC(=O)c3ccccc3)[C@H](C)O2)[C@H](C)[C@@H](O[C@@H]2O[C@H](C)C[C@H](N(C)C)[C@H]2OC(=O)c2ccccc2)[C@@](C)(O)C[C@@H](C)[C@H](O)[C@H](C)[C@@H](O)[C@@]1(O)C=O. The molecule has 3 saturated heterocycles. The van der Waals surface area contributed by atoms with Crippen molar-refractivity contribution in [1.82, 2.24) is 4.90 Å². The Morgan fingerprint density at radius 3 is 1.91 bits per heavy atom. The number of benzene rings is 2. The van der Waals surface area contributed by atoms with Crippen LogP contribution in [0.1, 0.15) is 109 Å². The first kappa shape index (κ1) is 55.1. The van der Waals surface area contributed by atoms with E-state index in [1.807, 2.05) is 25.9 Å². The van der Waals surface area contributed by atoms with Gasteiger partial charge in [-0.2, -0.15) is 0 Å². The van der Waals surface area contributed by atoms with Crippen LogP contribution in [0.4, 0.5) is 0 Å². The number of ether oxygens (including phenoxy) is 8. The fourth-order valence-electron chi connectivity index (χ4n) is 10.4. The number of nitrogens with zero attached hydrogens (tertiary/aromatic N) is 1. The van der Waals surface area contributed by atoms with Gasteiger partial charge < -0.3 is 63.2 Å². The Labute approximate surface area is 400 Å². The van der Waals surface area contributed by atoms with Gasteiger partial charge in [-0.1, -0.05) is 64.1 Å². The number of aliphatic hydroxyl groups excluding tert-OH is 2. The summed E-state index contributed by atoms with van der Waals surface area (Å²) in [4.78, 5) is 56.3. The van der Waals surface area contributed by atoms with Gasteiger partial charge in [-0.15, -0.1) is 0 Å². The summed E-state index contributed by atoms with van der Waals surface area (Å²) in [5, 5.41) is 48.1. The number of carbonyl (C=O) groups is 4. The third-order valence-electron chi connectivity index (χ3n) is 14.4. The summed E-state index contributed by atoms with van der Waals surface area (Å²) in [7, 11) is 5.17. The number of methoxy groups -OCH3 is 1. The van der Waals surface area contributed by atoms with Gasteiger partial charge in [0.2, 0.25) is 0 Å². The maximum atomic E-state index is 14.6. The molecule has 19 atom stereocenters. The molecule has 0 bridgehead atoms. The van der Waals surface area contributed by atoms with Gasteiger partial charge >= 0.3 is 17.9 Å². The van der Waals surface area contributed by atoms with Crippen molar-refractivity contribution < 1.29 is 77.5 Å². The van der Waals surface area contributed by atoms with E-state index in [2.05, 4.69) is 0 Å². The van der Waals surface area contributed by atoms with Crippen LogP contribution < -0.4 is 0 Å². The molecule has 0 spiro atoms. The quantitative estimate of drug-likeness (QED) is 0.131. The van der Waals surface area contributed by atoms with Crippen molar-refractivity contribution >= 4 is 24.2 Å². The first-order chi connectivity index (χ1) is 31.9. The molecule has 0 saturated carbocycles. The third-order valence-corrected chi connectivity index (χ3v) is 14.4. The van der Waals surface area contributed by atoms with Crippen LogP contribution >= 0.6 is 0 Å². The van der Waals surface area contributed by atoms with E-state index in [4.69, 9.17) is 37.9 Å². The molecule has 3 heterocycles. The molecule has 17 nitrogen and oxygen atoms in total. The van der Waals surface area contributed by atoms with E-state index in [-0.39, 0.29) is 25.5 Å². The summed E-state index contributed by atoms with van der Waals surface area (Å²) in [5.41, 5.74) is -5.12. The number of hydrogen-bond donors (Lipinski definition) is 4. The zero-order valence-electron chi connectivity index (χ0n) is 41.6. The maximum absolute atomic E-state index is 14.6. The lowest BCUT2D eigenvalue weighted by Gasteiger charge is -2.50. The highest BCUT2D eigenvalue weighted by Crippen LogP contribution is 2.42. The van der Waals surface area contributed by atoms with Crippen LogP contribution in [0.15, 0.2) is 60.7 Å². The minimum atomic E-state index is -2.64. The molecule has 68 heavy (non-hydrogen) atoms. The Bertz CT molecular complexity index is 1970. The minimum Gasteiger partial charge on any atom is -0.458 e. The van der Waals surface area contributed by atoms with Gasteiger partial charge in [-0.05, 0) is 98.2 Å². The largest absolute Gasteiger partial charge is 0.458 e. The zero-order chi connectivity index (χ0) is 50.5. The van der Waals surface area contributed by atoms with E-state index < -0.39 is 132 Å². The van der Waals surface area contributed by atoms with Gasteiger partial charge in [-0.25, -0.2) is 9.59 Å². The summed E-state index contributed by atoms with van der Waals surface area (Å²) in [6, 6.07) is 16.5. The van der Waals surface area contributed by atoms with E-state index >= 15 is 0 Å². The number of hydrogen-bond acceptors (Lipinski definition) is 17. The number of carbonyl (C=O) groups excluding carboxylic acids is 4. The number of aliphatic hydroxyl groups is 4. The van der Waals surface area contributed by atoms with Gasteiger partial charge in [0, 0.05) is 25.4 Å². The number of aldehydes is 1. The van der Waals surface area contributed by atoms with E-state index in [1.165, 1.54) is 27.9 Å². The Kier molecular flexibility index (Phi) is 18.5. The van der Waals surface area contributed by atoms with Gasteiger partial charge in [0.25, 0.3) is 0 Å². The van der Waals surface area contributed by atoms with Crippen LogP contribution in [0.5, 0.6) is 0 Å². The molecule has 380 valence electrons. The highest BCUT2D eigenvalue weighted by molar-refractivity contribution is 5.90. The average Bonchev–Trinajstić information content (AvgIpc) is 3.31. The molecule has 2 aromatic rings. The molecule has 0 radical (unpaired) electrons. The van der Waals surface area contributed by atoms with Gasteiger partial charge in [0.1, 0.15) is 11.7 Å². The summed E-state index contributed by atoms with van der Waals surface area (Å²) in [6.07, 6.45) is -12.9. The summed E-state index contributed by atoms with van der Waals surface area (Å²) in [5.74, 6) is -6.40. The lowest BCUT2D eigenvalue weighted by atomic mass is 9.73. The number of rotatable bonds is 12. The standard InChI is InChI=1S/C51H75NO16/c1-13-37-51(60,27-53)42(55)30(4)39(54)28(2)25-49(8,59)43(68-48-41(36(52(10)11)24-29(3)62-48)66-46(57)34-20-16-14-17-21-34)31(5)40(32(6)45(56)64-37)65-38-26-50(9,61-12)44(33(7)63-38)67-47(58)35-22-18-15-19-23-35/h14-23,27-33,36-44,48,54-55,59-60H,13,24-26H2,1-12H3/t28-,29-,30+,31+,32-,33+,36+,37-,38+,39+,40+,41-,42-,43-,44+,48+,49+,50-,51-/m1/s1. The van der Waals surface area contributed by atoms with Crippen LogP contribution in [0.3, 0.4) is 0 Å². The number of cyclic esters (lactones) is 1. The minimum absolute atomic E-state index is 0.0193. The molecular weight excluding hydrogens is 883 g/mol. The highest BCUT2D eigenvalue weighted by atomic mass is 16.7. The molecule has 3 aliphatic rings. The third kappa shape index (κ3) is 12.2. The second-order valence-electron chi connectivity index (χ2n) is 20.0. The molecule has 3 aliphatic heterocycles. The average molecular weight is 958 g/mol. The van der Waals surface area contributed by atoms with Crippen molar-refractivity contribution in [1.29, 1.82) is 0 Å². The summed E-state index contributed by atoms with van der Waals surface area (Å²) < 4.78 is 51.0. The molecule has 0 aliphatic carbocycles. The van der Waals surface area contributed by atoms with Crippen LogP contribution in [0.25, 0.3) is 0 Å². The van der Waals surface area contributed by atoms with Crippen LogP contribution in [-0.4, -0.2) is 161 Å². The van der Waals surface area contributed by atoms with Crippen LogP contribution in [0, 0.1) is 23.7 Å². The Hall–Kier alpha value is -3.88. The number of likely N-dealkylation sites (N-methyl/N-ethyl adjacent to an activating group) is 1. The van der Waals surface area contributed by atoms with Crippen molar-refractivity contribution in [2.24, 2.45) is 23.7 Å². The Morgan fingerprint density at radius 1 is 0.809 bits per heavy atom. The fourth-order valence-corrected chi connectivity index (χ4v) is 10.4. The fraction of sp³-hybridized carbons (Fsp3) is 0.686. The smallest absolute Gasteiger partial charge is 0.338 e. The Morgan fingerprint density at radius 2 is 1.38 bits per heavy atom. The zero-order valence-corrected chi connectivity index (χ0v) is 41.6. The topological polar surface area (TPSA) is 226 Å². The van der Waals surface area contributed by atoms with E-state index in [9.17, 15) is 39.6 Å². The van der Waals surface area contributed by atoms with E-state index in [1.54, 1.807) is 95.3 Å². The monoisotopic (exact) mass is 958 g/mol. The molecule has 0 amide bonds. The molecule has 2 aromatic carbocycles. The van der Waals surface area contributed by atoms with Crippen molar-refractivity contribution in [3.63, 3.8) is 0 Å². The Balaban J connectivity index is 1.61. The molecule has 4 N–H and O–H groups in total. The number of esters is 3. The van der Waals surface area contributed by atoms with E-state index in [0.29, 0.717) is 17.5 Å². The van der Waals surface area contributed by atoms with Crippen LogP contribution in [-0.2, 0) is 47.5 Å². The molecule has 0 unspecified atom stereocenters. The molecule has 17 heteroatoms. The second kappa shape index (κ2) is 22.9. The van der Waals surface area contributed by atoms with Gasteiger partial charge in [0.15, 0.2) is 36.7 Å². The van der Waals surface area contributed by atoms with E-state index in [0.717, 1.165) is 0 Å². The van der Waals surface area contributed by atoms with Crippen molar-refractivity contribution in [2.75, 3.05) is 21.2 Å². The van der Waals surface area contributed by atoms with Crippen LogP contribution in [0.2, 0.25) is 0 Å². The lowest BCUT2D eigenvalue weighted by molar-refractivity contribution is -0.317. The highest BCUT2D eigenvalue weighted by Gasteiger charge is 2.55. The first-order valence-electron chi connectivity index (χ1n) is 23.8. The maximum Gasteiger partial charge on any atom is 0.338 e. The van der Waals surface area contributed by atoms with Crippen molar-refractivity contribution in [3.8, 4) is 0 Å². The predicted octanol–water partition coefficient (Wildman–Crippen LogP) is 4.49. The molecule has 3 fully saturated rings. The van der Waals surface area contributed by atoms with Crippen molar-refractivity contribution in [3.05, 3.63) is 71.8 Å². The lowest BCUT2D eigenvalue weighted by Crippen LogP contribution is -2.62. The molecule has 5 rings (SSSR count). The normalized spacial score (nSPS) is 40.9. The summed E-state index contributed by atoms with van der Waals surface area (Å²) >= 11 is 0. The predicted molar refractivity (Wildman–Crippen MR) is 247 cm³/mol. The molecule has 0 aromatic heterocycles. The molecular formula is C51H75NO16. The van der Waals surface area contributed by atoms with Gasteiger partial charge in [0.05, 0.1) is 65.3 Å².